The second-order valence-electron chi connectivity index (χ2n) is 4.91. The summed E-state index contributed by atoms with van der Waals surface area (Å²) in [6.07, 6.45) is 5.30. The molecule has 0 aliphatic heterocycles. The van der Waals surface area contributed by atoms with Crippen molar-refractivity contribution in [1.29, 1.82) is 0 Å². The molecule has 3 heterocycles. The summed E-state index contributed by atoms with van der Waals surface area (Å²) in [5.41, 5.74) is 9.82. The third-order valence-corrected chi connectivity index (χ3v) is 3.40. The Bertz CT molecular complexity index is 801. The van der Waals surface area contributed by atoms with Crippen LogP contribution in [0.25, 0.3) is 22.0 Å². The van der Waals surface area contributed by atoms with Crippen molar-refractivity contribution in [3.8, 4) is 11.3 Å². The lowest BCUT2D eigenvalue weighted by Gasteiger charge is -2.09. The van der Waals surface area contributed by atoms with Gasteiger partial charge in [0.1, 0.15) is 5.82 Å². The number of nitrogens with two attached hydrogens (primary N) is 1. The summed E-state index contributed by atoms with van der Waals surface area (Å²) in [6.45, 7) is 2.53. The van der Waals surface area contributed by atoms with Gasteiger partial charge in [-0.25, -0.2) is 4.98 Å². The van der Waals surface area contributed by atoms with Gasteiger partial charge in [0.05, 0.1) is 18.0 Å². The van der Waals surface area contributed by atoms with E-state index in [0.717, 1.165) is 33.3 Å². The Morgan fingerprint density at radius 3 is 2.86 bits per heavy atom. The highest BCUT2D eigenvalue weighted by atomic mass is 16.5. The number of methoxy groups -OCH3 is 1. The Morgan fingerprint density at radius 1 is 1.24 bits per heavy atom. The van der Waals surface area contributed by atoms with Crippen LogP contribution in [-0.4, -0.2) is 22.1 Å². The monoisotopic (exact) mass is 280 g/mol. The molecule has 0 aliphatic rings. The van der Waals surface area contributed by atoms with Gasteiger partial charge in [-0.15, -0.1) is 0 Å². The smallest absolute Gasteiger partial charge is 0.133 e. The summed E-state index contributed by atoms with van der Waals surface area (Å²) < 4.78 is 5.10. The molecule has 21 heavy (non-hydrogen) atoms. The number of fused-ring (bicyclic) bond motifs is 1. The largest absolute Gasteiger partial charge is 0.383 e. The van der Waals surface area contributed by atoms with Gasteiger partial charge in [0.2, 0.25) is 0 Å². The minimum absolute atomic E-state index is 0.482. The van der Waals surface area contributed by atoms with Crippen molar-refractivity contribution in [3.63, 3.8) is 0 Å². The maximum Gasteiger partial charge on any atom is 0.133 e. The average Bonchev–Trinajstić information content (AvgIpc) is 2.48. The predicted octanol–water partition coefficient (Wildman–Crippen LogP) is 2.73. The average molecular weight is 280 g/mol. The number of anilines is 1. The van der Waals surface area contributed by atoms with Crippen LogP contribution in [-0.2, 0) is 11.3 Å². The van der Waals surface area contributed by atoms with Gasteiger partial charge >= 0.3 is 0 Å². The highest BCUT2D eigenvalue weighted by molar-refractivity contribution is 5.93. The first-order valence-electron chi connectivity index (χ1n) is 6.64. The van der Waals surface area contributed by atoms with E-state index in [2.05, 4.69) is 15.0 Å². The normalized spacial score (nSPS) is 11.0. The first kappa shape index (κ1) is 13.5. The lowest BCUT2D eigenvalue weighted by Crippen LogP contribution is -1.98. The van der Waals surface area contributed by atoms with Gasteiger partial charge in [-0.1, -0.05) is 0 Å². The van der Waals surface area contributed by atoms with E-state index in [1.54, 1.807) is 19.5 Å². The molecular formula is C16H16N4O. The highest BCUT2D eigenvalue weighted by Gasteiger charge is 2.09. The molecular weight excluding hydrogens is 264 g/mol. The van der Waals surface area contributed by atoms with Gasteiger partial charge in [-0.05, 0) is 36.1 Å². The van der Waals surface area contributed by atoms with Crippen molar-refractivity contribution >= 4 is 16.6 Å². The lowest BCUT2D eigenvalue weighted by atomic mass is 10.0. The summed E-state index contributed by atoms with van der Waals surface area (Å²) in [4.78, 5) is 13.0. The highest BCUT2D eigenvalue weighted by Crippen LogP contribution is 2.27. The number of aryl methyl sites for hydroxylation is 1. The number of hydrogen-bond donors (Lipinski definition) is 1. The summed E-state index contributed by atoms with van der Waals surface area (Å²) in [7, 11) is 1.66. The zero-order valence-corrected chi connectivity index (χ0v) is 12.0. The molecule has 3 aromatic rings. The van der Waals surface area contributed by atoms with E-state index in [1.807, 2.05) is 31.3 Å². The summed E-state index contributed by atoms with van der Waals surface area (Å²) in [5, 5.41) is 1.88. The third-order valence-electron chi connectivity index (χ3n) is 3.40. The maximum atomic E-state index is 6.03. The second-order valence-corrected chi connectivity index (χ2v) is 4.91. The van der Waals surface area contributed by atoms with Gasteiger partial charge in [0, 0.05) is 36.7 Å². The number of nitrogens with zero attached hydrogens (tertiary/aromatic N) is 3. The van der Waals surface area contributed by atoms with Crippen molar-refractivity contribution < 1.29 is 4.74 Å². The van der Waals surface area contributed by atoms with Crippen molar-refractivity contribution in [1.82, 2.24) is 15.0 Å². The molecule has 106 valence electrons. The van der Waals surface area contributed by atoms with E-state index < -0.39 is 0 Å². The minimum atomic E-state index is 0.482. The Hall–Kier alpha value is -2.53. The van der Waals surface area contributed by atoms with Crippen molar-refractivity contribution in [2.45, 2.75) is 13.5 Å². The van der Waals surface area contributed by atoms with Crippen LogP contribution in [0.4, 0.5) is 5.82 Å². The lowest BCUT2D eigenvalue weighted by molar-refractivity contribution is 0.181. The SMILES string of the molecule is COCc1cc(C)c(-c2cc3ccncc3c(N)n2)cn1. The molecule has 5 heteroatoms. The molecule has 0 spiro atoms. The molecule has 3 aromatic heterocycles. The third kappa shape index (κ3) is 2.55. The Labute approximate surface area is 122 Å². The standard InChI is InChI=1S/C16H16N4O/c1-10-5-12(9-21-2)19-8-13(10)15-6-11-3-4-18-7-14(11)16(17)20-15/h3-8H,9H2,1-2H3,(H2,17,20). The van der Waals surface area contributed by atoms with Crippen molar-refractivity contribution in [3.05, 3.63) is 48.0 Å². The Balaban J connectivity index is 2.12. The van der Waals surface area contributed by atoms with Crippen LogP contribution in [0.3, 0.4) is 0 Å². The molecule has 2 N–H and O–H groups in total. The molecule has 0 bridgehead atoms. The van der Waals surface area contributed by atoms with Crippen molar-refractivity contribution in [2.24, 2.45) is 0 Å². The molecule has 0 saturated heterocycles. The zero-order valence-electron chi connectivity index (χ0n) is 12.0. The molecule has 3 rings (SSSR count). The first-order chi connectivity index (χ1) is 10.2. The molecule has 0 radical (unpaired) electrons. The van der Waals surface area contributed by atoms with Crippen LogP contribution >= 0.6 is 0 Å². The van der Waals surface area contributed by atoms with Gasteiger partial charge in [-0.2, -0.15) is 0 Å². The van der Waals surface area contributed by atoms with E-state index in [0.29, 0.717) is 12.4 Å². The molecule has 0 unspecified atom stereocenters. The zero-order chi connectivity index (χ0) is 14.8. The first-order valence-corrected chi connectivity index (χ1v) is 6.64. The van der Waals surface area contributed by atoms with E-state index in [1.165, 1.54) is 0 Å². The summed E-state index contributed by atoms with van der Waals surface area (Å²) in [6, 6.07) is 5.94. The van der Waals surface area contributed by atoms with E-state index in [4.69, 9.17) is 10.5 Å². The predicted molar refractivity (Wildman–Crippen MR) is 82.6 cm³/mol. The Morgan fingerprint density at radius 2 is 2.10 bits per heavy atom. The maximum absolute atomic E-state index is 6.03. The molecule has 5 nitrogen and oxygen atoms in total. The van der Waals surface area contributed by atoms with Crippen LogP contribution in [0.2, 0.25) is 0 Å². The fourth-order valence-corrected chi connectivity index (χ4v) is 2.36. The Kier molecular flexibility index (Phi) is 3.50. The van der Waals surface area contributed by atoms with Gasteiger partial charge < -0.3 is 10.5 Å². The molecule has 0 aromatic carbocycles. The van der Waals surface area contributed by atoms with E-state index in [-0.39, 0.29) is 0 Å². The van der Waals surface area contributed by atoms with Gasteiger partial charge in [-0.3, -0.25) is 9.97 Å². The molecule has 0 atom stereocenters. The number of aromatic nitrogens is 3. The number of hydrogen-bond acceptors (Lipinski definition) is 5. The fourth-order valence-electron chi connectivity index (χ4n) is 2.36. The fraction of sp³-hybridized carbons (Fsp3) is 0.188. The molecule has 0 amide bonds. The minimum Gasteiger partial charge on any atom is -0.383 e. The topological polar surface area (TPSA) is 73.9 Å². The number of ether oxygens (including phenoxy) is 1. The van der Waals surface area contributed by atoms with Crippen LogP contribution in [0.1, 0.15) is 11.3 Å². The van der Waals surface area contributed by atoms with Crippen LogP contribution < -0.4 is 5.73 Å². The molecule has 0 saturated carbocycles. The van der Waals surface area contributed by atoms with Gasteiger partial charge in [0.15, 0.2) is 0 Å². The number of rotatable bonds is 3. The summed E-state index contributed by atoms with van der Waals surface area (Å²) in [5.74, 6) is 0.482. The number of nitrogen functional groups attached to an aromatic ring is 1. The number of pyridine rings is 3. The quantitative estimate of drug-likeness (QED) is 0.798. The molecule has 0 fully saturated rings. The van der Waals surface area contributed by atoms with E-state index in [9.17, 15) is 0 Å². The van der Waals surface area contributed by atoms with Crippen LogP contribution in [0.15, 0.2) is 36.8 Å². The van der Waals surface area contributed by atoms with Crippen molar-refractivity contribution in [2.75, 3.05) is 12.8 Å². The van der Waals surface area contributed by atoms with Gasteiger partial charge in [0.25, 0.3) is 0 Å². The summed E-state index contributed by atoms with van der Waals surface area (Å²) >= 11 is 0. The second kappa shape index (κ2) is 5.46. The molecule has 0 aliphatic carbocycles. The van der Waals surface area contributed by atoms with Crippen LogP contribution in [0.5, 0.6) is 0 Å². The van der Waals surface area contributed by atoms with Crippen LogP contribution in [0, 0.1) is 6.92 Å². The van der Waals surface area contributed by atoms with E-state index >= 15 is 0 Å².